The van der Waals surface area contributed by atoms with Crippen LogP contribution in [0.4, 0.5) is 0 Å². The van der Waals surface area contributed by atoms with Crippen LogP contribution in [0, 0.1) is 11.8 Å². The summed E-state index contributed by atoms with van der Waals surface area (Å²) in [6.07, 6.45) is 5.21. The lowest BCUT2D eigenvalue weighted by atomic mass is 9.86. The molecule has 6 heteroatoms. The molecule has 1 N–H and O–H groups in total. The van der Waals surface area contributed by atoms with Gasteiger partial charge in [-0.05, 0) is 38.0 Å². The van der Waals surface area contributed by atoms with Crippen molar-refractivity contribution in [2.75, 3.05) is 20.1 Å². The Kier molecular flexibility index (Phi) is 6.02. The van der Waals surface area contributed by atoms with E-state index in [4.69, 9.17) is 5.11 Å². The van der Waals surface area contributed by atoms with E-state index in [0.29, 0.717) is 32.0 Å². The number of hydrogen-bond donors (Lipinski definition) is 1. The number of likely N-dealkylation sites (tertiary alicyclic amines) is 1. The van der Waals surface area contributed by atoms with Crippen molar-refractivity contribution < 1.29 is 19.5 Å². The van der Waals surface area contributed by atoms with E-state index in [2.05, 4.69) is 6.92 Å². The van der Waals surface area contributed by atoms with Crippen molar-refractivity contribution in [3.05, 3.63) is 0 Å². The number of hydrogen-bond acceptors (Lipinski definition) is 3. The second kappa shape index (κ2) is 7.79. The van der Waals surface area contributed by atoms with E-state index < -0.39 is 5.97 Å². The molecule has 0 aromatic rings. The van der Waals surface area contributed by atoms with Crippen LogP contribution in [-0.4, -0.2) is 58.9 Å². The van der Waals surface area contributed by atoms with Gasteiger partial charge in [-0.1, -0.05) is 6.92 Å². The minimum absolute atomic E-state index is 0.0320. The summed E-state index contributed by atoms with van der Waals surface area (Å²) in [6, 6.07) is 0.300. The summed E-state index contributed by atoms with van der Waals surface area (Å²) in [5.41, 5.74) is 0. The first-order chi connectivity index (χ1) is 10.9. The zero-order chi connectivity index (χ0) is 17.0. The molecular weight excluding hydrogens is 296 g/mol. The van der Waals surface area contributed by atoms with E-state index in [-0.39, 0.29) is 24.2 Å². The lowest BCUT2D eigenvalue weighted by Crippen LogP contribution is -2.40. The fraction of sp³-hybridized carbons (Fsp3) is 0.824. The number of carbonyl (C=O) groups excluding carboxylic acids is 2. The quantitative estimate of drug-likeness (QED) is 0.807. The van der Waals surface area contributed by atoms with Gasteiger partial charge in [-0.25, -0.2) is 0 Å². The lowest BCUT2D eigenvalue weighted by Gasteiger charge is -2.33. The van der Waals surface area contributed by atoms with Crippen LogP contribution in [0.3, 0.4) is 0 Å². The molecule has 6 nitrogen and oxygen atoms in total. The molecule has 0 radical (unpaired) electrons. The molecule has 23 heavy (non-hydrogen) atoms. The van der Waals surface area contributed by atoms with Crippen LogP contribution in [0.5, 0.6) is 0 Å². The minimum Gasteiger partial charge on any atom is -0.481 e. The maximum Gasteiger partial charge on any atom is 0.303 e. The van der Waals surface area contributed by atoms with Gasteiger partial charge in [-0.15, -0.1) is 0 Å². The largest absolute Gasteiger partial charge is 0.481 e. The van der Waals surface area contributed by atoms with Gasteiger partial charge in [0.05, 0.1) is 5.92 Å². The standard InChI is InChI=1S/C17H28N2O4/c1-12-5-7-14(8-6-12)19-11-13(10-15(19)20)17(23)18(2)9-3-4-16(21)22/h12-14H,3-11H2,1-2H3,(H,21,22). The van der Waals surface area contributed by atoms with Gasteiger partial charge in [0, 0.05) is 39.0 Å². The molecule has 2 amide bonds. The Morgan fingerprint density at radius 1 is 1.26 bits per heavy atom. The number of aliphatic carboxylic acids is 1. The normalized spacial score (nSPS) is 28.0. The second-order valence-corrected chi connectivity index (χ2v) is 7.12. The average Bonchev–Trinajstić information content (AvgIpc) is 2.88. The molecule has 0 spiro atoms. The summed E-state index contributed by atoms with van der Waals surface area (Å²) in [5.74, 6) is -0.310. The van der Waals surface area contributed by atoms with Gasteiger partial charge in [0.25, 0.3) is 0 Å². The molecule has 130 valence electrons. The lowest BCUT2D eigenvalue weighted by molar-refractivity contribution is -0.138. The van der Waals surface area contributed by atoms with E-state index >= 15 is 0 Å². The molecule has 1 unspecified atom stereocenters. The average molecular weight is 324 g/mol. The monoisotopic (exact) mass is 324 g/mol. The van der Waals surface area contributed by atoms with Crippen molar-refractivity contribution >= 4 is 17.8 Å². The third-order valence-electron chi connectivity index (χ3n) is 5.19. The first-order valence-electron chi connectivity index (χ1n) is 8.64. The summed E-state index contributed by atoms with van der Waals surface area (Å²) in [5, 5.41) is 8.65. The van der Waals surface area contributed by atoms with Crippen molar-refractivity contribution in [2.24, 2.45) is 11.8 Å². The Morgan fingerprint density at radius 3 is 2.52 bits per heavy atom. The maximum atomic E-state index is 12.4. The van der Waals surface area contributed by atoms with Crippen molar-refractivity contribution in [2.45, 2.75) is 57.9 Å². The highest BCUT2D eigenvalue weighted by Crippen LogP contribution is 2.31. The SMILES string of the molecule is CC1CCC(N2CC(C(=O)N(C)CCCC(=O)O)CC2=O)CC1. The third kappa shape index (κ3) is 4.69. The molecule has 1 saturated heterocycles. The second-order valence-electron chi connectivity index (χ2n) is 7.12. The molecule has 1 heterocycles. The number of nitrogens with zero attached hydrogens (tertiary/aromatic N) is 2. The van der Waals surface area contributed by atoms with Gasteiger partial charge in [-0.3, -0.25) is 14.4 Å². The molecule has 1 atom stereocenters. The van der Waals surface area contributed by atoms with Crippen molar-refractivity contribution in [1.29, 1.82) is 0 Å². The Labute approximate surface area is 137 Å². The highest BCUT2D eigenvalue weighted by atomic mass is 16.4. The molecule has 0 aromatic heterocycles. The summed E-state index contributed by atoms with van der Waals surface area (Å²) in [7, 11) is 1.69. The summed E-state index contributed by atoms with van der Waals surface area (Å²) in [6.45, 7) is 3.21. The van der Waals surface area contributed by atoms with Gasteiger partial charge in [-0.2, -0.15) is 0 Å². The third-order valence-corrected chi connectivity index (χ3v) is 5.19. The first-order valence-corrected chi connectivity index (χ1v) is 8.64. The number of carbonyl (C=O) groups is 3. The molecule has 2 fully saturated rings. The van der Waals surface area contributed by atoms with Gasteiger partial charge < -0.3 is 14.9 Å². The zero-order valence-corrected chi connectivity index (χ0v) is 14.2. The van der Waals surface area contributed by atoms with Gasteiger partial charge in [0.2, 0.25) is 11.8 Å². The highest BCUT2D eigenvalue weighted by Gasteiger charge is 2.39. The Balaban J connectivity index is 1.83. The van der Waals surface area contributed by atoms with Crippen molar-refractivity contribution in [1.82, 2.24) is 9.80 Å². The number of carboxylic acids is 1. The van der Waals surface area contributed by atoms with E-state index in [1.807, 2.05) is 4.90 Å². The number of rotatable bonds is 6. The van der Waals surface area contributed by atoms with Crippen LogP contribution in [0.15, 0.2) is 0 Å². The van der Waals surface area contributed by atoms with Crippen LogP contribution >= 0.6 is 0 Å². The van der Waals surface area contributed by atoms with Crippen LogP contribution in [0.2, 0.25) is 0 Å². The van der Waals surface area contributed by atoms with Crippen LogP contribution in [0.25, 0.3) is 0 Å². The van der Waals surface area contributed by atoms with E-state index in [1.54, 1.807) is 11.9 Å². The zero-order valence-electron chi connectivity index (χ0n) is 14.2. The predicted octanol–water partition coefficient (Wildman–Crippen LogP) is 1.74. The fourth-order valence-electron chi connectivity index (χ4n) is 3.69. The molecule has 2 aliphatic rings. The highest BCUT2D eigenvalue weighted by molar-refractivity contribution is 5.89. The predicted molar refractivity (Wildman–Crippen MR) is 85.7 cm³/mol. The Morgan fingerprint density at radius 2 is 1.91 bits per heavy atom. The first kappa shape index (κ1) is 17.8. The summed E-state index contributed by atoms with van der Waals surface area (Å²) in [4.78, 5) is 38.7. The smallest absolute Gasteiger partial charge is 0.303 e. The fourth-order valence-corrected chi connectivity index (χ4v) is 3.69. The molecule has 2 rings (SSSR count). The minimum atomic E-state index is -0.848. The summed E-state index contributed by atoms with van der Waals surface area (Å²) < 4.78 is 0. The molecular formula is C17H28N2O4. The van der Waals surface area contributed by atoms with Crippen LogP contribution < -0.4 is 0 Å². The van der Waals surface area contributed by atoms with E-state index in [9.17, 15) is 14.4 Å². The number of carboxylic acid groups (broad SMARTS) is 1. The number of amides is 2. The molecule has 1 saturated carbocycles. The van der Waals surface area contributed by atoms with Crippen molar-refractivity contribution in [3.8, 4) is 0 Å². The Bertz CT molecular complexity index is 458. The van der Waals surface area contributed by atoms with Crippen molar-refractivity contribution in [3.63, 3.8) is 0 Å². The molecule has 1 aliphatic heterocycles. The Hall–Kier alpha value is -1.59. The van der Waals surface area contributed by atoms with Gasteiger partial charge in [0.1, 0.15) is 0 Å². The van der Waals surface area contributed by atoms with Crippen LogP contribution in [0.1, 0.15) is 51.9 Å². The van der Waals surface area contributed by atoms with Gasteiger partial charge >= 0.3 is 5.97 Å². The van der Waals surface area contributed by atoms with Crippen LogP contribution in [-0.2, 0) is 14.4 Å². The summed E-state index contributed by atoms with van der Waals surface area (Å²) >= 11 is 0. The van der Waals surface area contributed by atoms with E-state index in [1.165, 1.54) is 0 Å². The maximum absolute atomic E-state index is 12.4. The topological polar surface area (TPSA) is 77.9 Å². The molecule has 1 aliphatic carbocycles. The van der Waals surface area contributed by atoms with E-state index in [0.717, 1.165) is 31.6 Å². The van der Waals surface area contributed by atoms with Gasteiger partial charge in [0.15, 0.2) is 0 Å². The molecule has 0 bridgehead atoms. The molecule has 0 aromatic carbocycles.